The Hall–Kier alpha value is -2.57. The first-order valence-corrected chi connectivity index (χ1v) is 7.77. The van der Waals surface area contributed by atoms with Crippen LogP contribution in [0.3, 0.4) is 0 Å². The Morgan fingerprint density at radius 1 is 0.920 bits per heavy atom. The van der Waals surface area contributed by atoms with Crippen molar-refractivity contribution < 1.29 is 28.6 Å². The van der Waals surface area contributed by atoms with Gasteiger partial charge in [0, 0.05) is 0 Å². The Bertz CT molecular complexity index is 604. The molecule has 0 aliphatic rings. The molecule has 0 bridgehead atoms. The van der Waals surface area contributed by atoms with Gasteiger partial charge in [0.2, 0.25) is 0 Å². The predicted octanol–water partition coefficient (Wildman–Crippen LogP) is 2.60. The minimum Gasteiger partial charge on any atom is -0.468 e. The highest BCUT2D eigenvalue weighted by atomic mass is 16.6. The predicted molar refractivity (Wildman–Crippen MR) is 90.7 cm³/mol. The summed E-state index contributed by atoms with van der Waals surface area (Å²) < 4.78 is 14.8. The molecule has 0 aliphatic heterocycles. The van der Waals surface area contributed by atoms with Crippen LogP contribution in [0.5, 0.6) is 0 Å². The highest BCUT2D eigenvalue weighted by Gasteiger charge is 2.52. The van der Waals surface area contributed by atoms with Crippen molar-refractivity contribution in [1.29, 1.82) is 0 Å². The molecular weight excluding hydrogens is 326 g/mol. The maximum atomic E-state index is 12.4. The van der Waals surface area contributed by atoms with Gasteiger partial charge in [-0.15, -0.1) is 0 Å². The van der Waals surface area contributed by atoms with E-state index in [0.29, 0.717) is 5.56 Å². The Morgan fingerprint density at radius 2 is 1.40 bits per heavy atom. The minimum absolute atomic E-state index is 0.534. The van der Waals surface area contributed by atoms with Gasteiger partial charge in [-0.25, -0.2) is 4.79 Å². The van der Waals surface area contributed by atoms with Gasteiger partial charge in [0.15, 0.2) is 5.41 Å². The summed E-state index contributed by atoms with van der Waals surface area (Å²) in [6.07, 6.45) is -0.764. The summed E-state index contributed by atoms with van der Waals surface area (Å²) in [6.45, 7) is 6.50. The van der Waals surface area contributed by atoms with E-state index in [1.807, 2.05) is 0 Å². The number of carbonyl (C=O) groups is 3. The lowest BCUT2D eigenvalue weighted by molar-refractivity contribution is -0.170. The lowest BCUT2D eigenvalue weighted by atomic mass is 9.78. The molecule has 25 heavy (non-hydrogen) atoms. The standard InChI is InChI=1S/C18H25NO6/c1-17(2,3)25-16(22)19-13(12-10-8-7-9-11-12)18(4,14(20)23-5)15(21)24-6/h7-11,13H,1-6H3,(H,19,22). The number of hydrogen-bond donors (Lipinski definition) is 1. The van der Waals surface area contributed by atoms with Crippen molar-refractivity contribution in [3.8, 4) is 0 Å². The number of amides is 1. The molecule has 0 aromatic heterocycles. The van der Waals surface area contributed by atoms with Crippen LogP contribution in [0.2, 0.25) is 0 Å². The second-order valence-corrected chi connectivity index (χ2v) is 6.68. The third-order valence-electron chi connectivity index (χ3n) is 3.59. The number of rotatable bonds is 5. The van der Waals surface area contributed by atoms with Gasteiger partial charge in [-0.1, -0.05) is 30.3 Å². The molecule has 0 saturated carbocycles. The highest BCUT2D eigenvalue weighted by molar-refractivity contribution is 6.01. The molecule has 1 atom stereocenters. The number of esters is 2. The van der Waals surface area contributed by atoms with Gasteiger partial charge in [0.25, 0.3) is 0 Å². The Balaban J connectivity index is 3.36. The molecule has 7 heteroatoms. The number of benzene rings is 1. The van der Waals surface area contributed by atoms with Crippen LogP contribution < -0.4 is 5.32 Å². The number of hydrogen-bond acceptors (Lipinski definition) is 6. The van der Waals surface area contributed by atoms with Crippen LogP contribution in [-0.2, 0) is 23.8 Å². The van der Waals surface area contributed by atoms with E-state index in [0.717, 1.165) is 0 Å². The Kier molecular flexibility index (Phi) is 6.55. The van der Waals surface area contributed by atoms with Gasteiger partial charge in [0.05, 0.1) is 20.3 Å². The van der Waals surface area contributed by atoms with Crippen molar-refractivity contribution in [2.24, 2.45) is 5.41 Å². The van der Waals surface area contributed by atoms with Crippen molar-refractivity contribution in [3.63, 3.8) is 0 Å². The van der Waals surface area contributed by atoms with E-state index in [9.17, 15) is 14.4 Å². The van der Waals surface area contributed by atoms with Crippen molar-refractivity contribution in [1.82, 2.24) is 5.32 Å². The maximum Gasteiger partial charge on any atom is 0.408 e. The minimum atomic E-state index is -1.79. The Labute approximate surface area is 147 Å². The molecule has 7 nitrogen and oxygen atoms in total. The van der Waals surface area contributed by atoms with Crippen LogP contribution in [0.4, 0.5) is 4.79 Å². The van der Waals surface area contributed by atoms with E-state index >= 15 is 0 Å². The van der Waals surface area contributed by atoms with E-state index in [1.165, 1.54) is 21.1 Å². The summed E-state index contributed by atoms with van der Waals surface area (Å²) in [5.74, 6) is -1.66. The fraction of sp³-hybridized carbons (Fsp3) is 0.500. The number of nitrogens with one attached hydrogen (secondary N) is 1. The van der Waals surface area contributed by atoms with Crippen molar-refractivity contribution in [3.05, 3.63) is 35.9 Å². The quantitative estimate of drug-likeness (QED) is 0.498. The van der Waals surface area contributed by atoms with Crippen LogP contribution in [0.25, 0.3) is 0 Å². The molecule has 0 saturated heterocycles. The molecule has 1 aromatic rings. The molecule has 1 amide bonds. The van der Waals surface area contributed by atoms with E-state index < -0.39 is 35.1 Å². The SMILES string of the molecule is COC(=O)C(C)(C(=O)OC)C(NC(=O)OC(C)(C)C)c1ccccc1. The average molecular weight is 351 g/mol. The van der Waals surface area contributed by atoms with Crippen molar-refractivity contribution in [2.45, 2.75) is 39.3 Å². The summed E-state index contributed by atoms with van der Waals surface area (Å²) in [7, 11) is 2.33. The monoisotopic (exact) mass is 351 g/mol. The van der Waals surface area contributed by atoms with Crippen LogP contribution in [0.15, 0.2) is 30.3 Å². The zero-order valence-corrected chi connectivity index (χ0v) is 15.4. The Morgan fingerprint density at radius 3 is 1.80 bits per heavy atom. The first-order valence-electron chi connectivity index (χ1n) is 7.77. The highest BCUT2D eigenvalue weighted by Crippen LogP contribution is 2.36. The van der Waals surface area contributed by atoms with Crippen LogP contribution >= 0.6 is 0 Å². The van der Waals surface area contributed by atoms with Crippen LogP contribution in [0.1, 0.15) is 39.3 Å². The summed E-state index contributed by atoms with van der Waals surface area (Å²) in [5, 5.41) is 2.60. The van der Waals surface area contributed by atoms with E-state index in [4.69, 9.17) is 14.2 Å². The third kappa shape index (κ3) is 4.95. The van der Waals surface area contributed by atoms with Gasteiger partial charge in [-0.3, -0.25) is 9.59 Å². The molecule has 0 heterocycles. The maximum absolute atomic E-state index is 12.4. The number of carbonyl (C=O) groups excluding carboxylic acids is 3. The van der Waals surface area contributed by atoms with Gasteiger partial charge in [0.1, 0.15) is 5.60 Å². The molecule has 0 fully saturated rings. The number of methoxy groups -OCH3 is 2. The zero-order chi connectivity index (χ0) is 19.3. The zero-order valence-electron chi connectivity index (χ0n) is 15.4. The first kappa shape index (κ1) is 20.5. The fourth-order valence-corrected chi connectivity index (χ4v) is 2.37. The van der Waals surface area contributed by atoms with E-state index in [1.54, 1.807) is 51.1 Å². The summed E-state index contributed by atoms with van der Waals surface area (Å²) >= 11 is 0. The normalized spacial score (nSPS) is 12.7. The number of ether oxygens (including phenoxy) is 3. The van der Waals surface area contributed by atoms with E-state index in [-0.39, 0.29) is 0 Å². The third-order valence-corrected chi connectivity index (χ3v) is 3.59. The fourth-order valence-electron chi connectivity index (χ4n) is 2.37. The van der Waals surface area contributed by atoms with Crippen LogP contribution in [0, 0.1) is 5.41 Å². The average Bonchev–Trinajstić information content (AvgIpc) is 2.56. The molecule has 1 rings (SSSR count). The molecular formula is C18H25NO6. The lowest BCUT2D eigenvalue weighted by Crippen LogP contribution is -2.51. The second-order valence-electron chi connectivity index (χ2n) is 6.68. The van der Waals surface area contributed by atoms with Gasteiger partial charge in [-0.2, -0.15) is 0 Å². The first-order chi connectivity index (χ1) is 11.6. The molecule has 138 valence electrons. The molecule has 0 radical (unpaired) electrons. The number of alkyl carbamates (subject to hydrolysis) is 1. The lowest BCUT2D eigenvalue weighted by Gasteiger charge is -2.34. The van der Waals surface area contributed by atoms with Gasteiger partial charge >= 0.3 is 18.0 Å². The molecule has 1 aromatic carbocycles. The second kappa shape index (κ2) is 8.00. The summed E-state index contributed by atoms with van der Waals surface area (Å²) in [6, 6.07) is 7.57. The molecule has 0 spiro atoms. The molecule has 0 aliphatic carbocycles. The smallest absolute Gasteiger partial charge is 0.408 e. The largest absolute Gasteiger partial charge is 0.468 e. The van der Waals surface area contributed by atoms with Gasteiger partial charge in [-0.05, 0) is 33.3 Å². The summed E-state index contributed by atoms with van der Waals surface area (Å²) in [5.41, 5.74) is -1.99. The van der Waals surface area contributed by atoms with E-state index in [2.05, 4.69) is 5.32 Å². The topological polar surface area (TPSA) is 90.9 Å². The van der Waals surface area contributed by atoms with Crippen LogP contribution in [-0.4, -0.2) is 37.9 Å². The van der Waals surface area contributed by atoms with Crippen molar-refractivity contribution >= 4 is 18.0 Å². The van der Waals surface area contributed by atoms with Gasteiger partial charge < -0.3 is 19.5 Å². The molecule has 1 unspecified atom stereocenters. The molecule has 1 N–H and O–H groups in total. The summed E-state index contributed by atoms with van der Waals surface area (Å²) in [4.78, 5) is 37.1. The van der Waals surface area contributed by atoms with Crippen molar-refractivity contribution in [2.75, 3.05) is 14.2 Å².